The van der Waals surface area contributed by atoms with Gasteiger partial charge in [-0.1, -0.05) is 6.08 Å². The molecule has 0 saturated carbocycles. The van der Waals surface area contributed by atoms with Crippen molar-refractivity contribution in [1.29, 1.82) is 5.26 Å². The number of carbonyl (C=O) groups excluding carboxylic acids is 1. The Morgan fingerprint density at radius 3 is 3.00 bits per heavy atom. The summed E-state index contributed by atoms with van der Waals surface area (Å²) in [5.74, 6) is -1.87. The van der Waals surface area contributed by atoms with Crippen molar-refractivity contribution in [3.8, 4) is 11.8 Å². The number of ether oxygens (including phenoxy) is 1. The minimum Gasteiger partial charge on any atom is -0.494 e. The Morgan fingerprint density at radius 1 is 1.48 bits per heavy atom. The van der Waals surface area contributed by atoms with Crippen LogP contribution in [-0.2, 0) is 11.2 Å². The maximum Gasteiger partial charge on any atom is 0.159 e. The van der Waals surface area contributed by atoms with Gasteiger partial charge in [-0.05, 0) is 63.8 Å². The van der Waals surface area contributed by atoms with Crippen LogP contribution in [0.1, 0.15) is 37.3 Å². The fraction of sp³-hybridized carbons (Fsp3) is 0.269. The number of nitrogens with one attached hydrogen (secondary N) is 1. The Balaban J connectivity index is 2.27. The molecule has 0 spiro atoms. The molecule has 0 unspecified atom stereocenters. The second-order valence-electron chi connectivity index (χ2n) is 6.93. The smallest absolute Gasteiger partial charge is 0.159 e. The van der Waals surface area contributed by atoms with Crippen molar-refractivity contribution in [3.05, 3.63) is 71.1 Å². The Labute approximate surface area is 207 Å². The van der Waals surface area contributed by atoms with Crippen LogP contribution in [0.15, 0.2) is 48.6 Å². The molecule has 1 heterocycles. The molecule has 0 aliphatic carbocycles. The highest BCUT2D eigenvalue weighted by Crippen LogP contribution is 2.34. The Morgan fingerprint density at radius 2 is 2.30 bits per heavy atom. The number of anilines is 2. The monoisotopic (exact) mass is 456 g/mol. The molecule has 0 saturated heterocycles. The van der Waals surface area contributed by atoms with Gasteiger partial charge in [-0.15, -0.1) is 0 Å². The first-order valence-electron chi connectivity index (χ1n) is 14.7. The third kappa shape index (κ3) is 5.93. The zero-order chi connectivity index (χ0) is 32.7. The number of carbonyl (C=O) groups is 1. The number of fused-ring (bicyclic) bond motifs is 1. The highest BCUT2D eigenvalue weighted by Gasteiger charge is 2.16. The highest BCUT2D eigenvalue weighted by atomic mass is 19.1. The van der Waals surface area contributed by atoms with Gasteiger partial charge in [-0.2, -0.15) is 5.26 Å². The lowest BCUT2D eigenvalue weighted by atomic mass is 10.0. The number of benzene rings is 2. The summed E-state index contributed by atoms with van der Waals surface area (Å²) in [5.41, 5.74) is -0.531. The predicted molar refractivity (Wildman–Crippen MR) is 128 cm³/mol. The number of hydrogen-bond donors (Lipinski definition) is 1. The summed E-state index contributed by atoms with van der Waals surface area (Å²) in [6, 6.07) is 4.68. The van der Waals surface area contributed by atoms with Crippen LogP contribution >= 0.6 is 0 Å². The Hall–Kier alpha value is -3.76. The van der Waals surface area contributed by atoms with Crippen molar-refractivity contribution < 1.29 is 27.6 Å². The lowest BCUT2D eigenvalue weighted by Gasteiger charge is -2.15. The van der Waals surface area contributed by atoms with E-state index in [2.05, 4.69) is 10.3 Å². The molecule has 0 aliphatic heterocycles. The van der Waals surface area contributed by atoms with Crippen LogP contribution in [-0.4, -0.2) is 42.7 Å². The summed E-state index contributed by atoms with van der Waals surface area (Å²) in [6.45, 7) is -5.26. The highest BCUT2D eigenvalue weighted by molar-refractivity contribution is 5.98. The molecule has 33 heavy (non-hydrogen) atoms. The van der Waals surface area contributed by atoms with Gasteiger partial charge in [0.1, 0.15) is 17.6 Å². The quantitative estimate of drug-likeness (QED) is 0.460. The molecule has 0 bridgehead atoms. The van der Waals surface area contributed by atoms with Gasteiger partial charge in [-0.25, -0.2) is 4.39 Å². The number of aromatic nitrogens is 1. The van der Waals surface area contributed by atoms with E-state index >= 15 is 0 Å². The lowest BCUT2D eigenvalue weighted by molar-refractivity contribution is -0.114. The SMILES string of the molecule is [2H]c1nc2c([2H])c(OC([2H])([2H])C)c(CC(=O)/C=C/C([2H])([2H])N(C)C([2H])([2H])[2H])c([2H])c2c(Nc2ccc(F)c(C)c2)c1C#N. The van der Waals surface area contributed by atoms with Crippen molar-refractivity contribution in [2.45, 2.75) is 20.3 Å². The number of allylic oxidation sites excluding steroid dienone is 1. The Bertz CT molecular complexity index is 1660. The zero-order valence-corrected chi connectivity index (χ0v) is 18.1. The summed E-state index contributed by atoms with van der Waals surface area (Å²) in [7, 11) is 1.01. The topological polar surface area (TPSA) is 78.2 Å². The van der Waals surface area contributed by atoms with E-state index in [0.29, 0.717) is 4.90 Å². The van der Waals surface area contributed by atoms with Crippen molar-refractivity contribution in [2.24, 2.45) is 0 Å². The van der Waals surface area contributed by atoms with Crippen molar-refractivity contribution in [2.75, 3.05) is 32.4 Å². The molecular weight excluding hydrogens is 419 g/mol. The van der Waals surface area contributed by atoms with Gasteiger partial charge >= 0.3 is 0 Å². The number of halogens is 1. The number of pyridine rings is 1. The van der Waals surface area contributed by atoms with Gasteiger partial charge in [0.25, 0.3) is 0 Å². The number of ketones is 1. The lowest BCUT2D eigenvalue weighted by Crippen LogP contribution is -2.11. The molecule has 0 amide bonds. The minimum atomic E-state index is -2.81. The molecule has 170 valence electrons. The van der Waals surface area contributed by atoms with Gasteiger partial charge in [0.15, 0.2) is 5.78 Å². The van der Waals surface area contributed by atoms with Gasteiger partial charge < -0.3 is 15.0 Å². The normalized spacial score (nSPS) is 16.8. The number of hydrogen-bond acceptors (Lipinski definition) is 6. The van der Waals surface area contributed by atoms with Crippen molar-refractivity contribution in [1.82, 2.24) is 9.88 Å². The van der Waals surface area contributed by atoms with Gasteiger partial charge in [0.05, 0.1) is 30.2 Å². The van der Waals surface area contributed by atoms with E-state index < -0.39 is 62.1 Å². The summed E-state index contributed by atoms with van der Waals surface area (Å²) in [6.07, 6.45) is 0.211. The molecule has 0 aliphatic rings. The van der Waals surface area contributed by atoms with E-state index in [4.69, 9.17) is 18.4 Å². The van der Waals surface area contributed by atoms with Gasteiger partial charge in [0, 0.05) is 48.6 Å². The maximum atomic E-state index is 13.9. The minimum absolute atomic E-state index is 0.132. The van der Waals surface area contributed by atoms with Crippen LogP contribution in [0.25, 0.3) is 10.9 Å². The number of nitrogens with zero attached hydrogens (tertiary/aromatic N) is 3. The second kappa shape index (κ2) is 10.7. The molecule has 7 heteroatoms. The second-order valence-corrected chi connectivity index (χ2v) is 6.93. The van der Waals surface area contributed by atoms with E-state index in [1.54, 1.807) is 0 Å². The van der Waals surface area contributed by atoms with Crippen LogP contribution in [0.5, 0.6) is 5.75 Å². The maximum absolute atomic E-state index is 13.9. The fourth-order valence-electron chi connectivity index (χ4n) is 2.93. The average Bonchev–Trinajstić information content (AvgIpc) is 2.88. The number of likely N-dealkylation sites (N-methyl/N-ethyl adjacent to an activating group) is 1. The number of nitriles is 1. The number of rotatable bonds is 9. The summed E-state index contributed by atoms with van der Waals surface area (Å²) < 4.78 is 99.2. The number of aryl methyl sites for hydroxylation is 1. The van der Waals surface area contributed by atoms with Gasteiger partial charge in [0.2, 0.25) is 0 Å². The first-order chi connectivity index (χ1) is 19.7. The largest absolute Gasteiger partial charge is 0.494 e. The Kier molecular flexibility index (Phi) is 4.45. The first kappa shape index (κ1) is 13.7. The predicted octanol–water partition coefficient (Wildman–Crippen LogP) is 4.93. The standard InChI is InChI=1S/C26H27FN4O2/c1-5-33-25-14-24-22(13-18(25)12-21(32)7-6-10-31(3)4)26(19(15-28)16-29-24)30-20-8-9-23(27)17(2)11-20/h6-9,11,13-14,16H,5,10,12H2,1-4H3,(H,29,30)/b7-6+/i3D3,5D2,10D2,13D,14D,16D. The van der Waals surface area contributed by atoms with E-state index in [-0.39, 0.29) is 39.0 Å². The summed E-state index contributed by atoms with van der Waals surface area (Å²) in [5, 5.41) is 12.5. The van der Waals surface area contributed by atoms with E-state index in [1.165, 1.54) is 25.1 Å². The molecular formula is C26H27FN4O2. The van der Waals surface area contributed by atoms with Crippen LogP contribution < -0.4 is 10.1 Å². The molecule has 6 nitrogen and oxygen atoms in total. The molecule has 0 radical (unpaired) electrons. The van der Waals surface area contributed by atoms with Crippen LogP contribution in [0.4, 0.5) is 15.8 Å². The fourth-order valence-corrected chi connectivity index (χ4v) is 2.93. The molecule has 3 rings (SSSR count). The first-order valence-corrected chi connectivity index (χ1v) is 9.72. The molecule has 1 N–H and O–H groups in total. The average molecular weight is 457 g/mol. The molecule has 1 aromatic heterocycles. The zero-order valence-electron chi connectivity index (χ0n) is 28.1. The van der Waals surface area contributed by atoms with Crippen LogP contribution in [0.3, 0.4) is 0 Å². The van der Waals surface area contributed by atoms with Gasteiger partial charge in [-0.3, -0.25) is 9.78 Å². The van der Waals surface area contributed by atoms with E-state index in [1.807, 2.05) is 6.07 Å². The van der Waals surface area contributed by atoms with Crippen LogP contribution in [0, 0.1) is 24.1 Å². The van der Waals surface area contributed by atoms with Crippen molar-refractivity contribution >= 4 is 28.1 Å². The third-order valence-corrected chi connectivity index (χ3v) is 4.43. The van der Waals surface area contributed by atoms with Crippen molar-refractivity contribution in [3.63, 3.8) is 0 Å². The van der Waals surface area contributed by atoms with E-state index in [9.17, 15) is 14.4 Å². The van der Waals surface area contributed by atoms with E-state index in [0.717, 1.165) is 26.1 Å². The summed E-state index contributed by atoms with van der Waals surface area (Å²) >= 11 is 0. The molecule has 2 aromatic carbocycles. The van der Waals surface area contributed by atoms with Crippen LogP contribution in [0.2, 0.25) is 0 Å². The third-order valence-electron chi connectivity index (χ3n) is 4.43. The molecule has 0 fully saturated rings. The summed E-state index contributed by atoms with van der Waals surface area (Å²) in [4.78, 5) is 17.4. The molecule has 3 aromatic rings. The molecule has 0 atom stereocenters.